The van der Waals surface area contributed by atoms with E-state index in [0.717, 1.165) is 37.3 Å². The van der Waals surface area contributed by atoms with Gasteiger partial charge in [0.2, 0.25) is 5.91 Å². The molecule has 4 rings (SSSR count). The number of H-pyrrole nitrogens is 1. The van der Waals surface area contributed by atoms with Crippen LogP contribution in [0.3, 0.4) is 0 Å². The van der Waals surface area contributed by atoms with E-state index in [1.165, 1.54) is 0 Å². The fourth-order valence-electron chi connectivity index (χ4n) is 4.59. The fourth-order valence-corrected chi connectivity index (χ4v) is 4.59. The van der Waals surface area contributed by atoms with E-state index in [0.29, 0.717) is 56.9 Å². The van der Waals surface area contributed by atoms with Crippen molar-refractivity contribution in [2.24, 2.45) is 0 Å². The van der Waals surface area contributed by atoms with E-state index in [1.54, 1.807) is 18.5 Å². The molecule has 2 aliphatic rings. The van der Waals surface area contributed by atoms with Crippen molar-refractivity contribution in [3.63, 3.8) is 0 Å². The first-order valence-electron chi connectivity index (χ1n) is 11.8. The molecule has 10 heteroatoms. The monoisotopic (exact) mass is 465 g/mol. The lowest BCUT2D eigenvalue weighted by Gasteiger charge is -2.38. The number of pyridine rings is 1. The zero-order valence-electron chi connectivity index (χ0n) is 19.6. The molecule has 1 N–H and O–H groups in total. The van der Waals surface area contributed by atoms with E-state index in [4.69, 9.17) is 10.00 Å². The van der Waals surface area contributed by atoms with Crippen LogP contribution in [0, 0.1) is 18.3 Å². The number of anilines is 2. The minimum absolute atomic E-state index is 0.0996. The van der Waals surface area contributed by atoms with E-state index in [9.17, 15) is 9.59 Å². The third-order valence-corrected chi connectivity index (χ3v) is 6.62. The van der Waals surface area contributed by atoms with Gasteiger partial charge < -0.3 is 19.4 Å². The molecular weight excluding hydrogens is 434 g/mol. The zero-order chi connectivity index (χ0) is 23.9. The van der Waals surface area contributed by atoms with Crippen LogP contribution in [0.1, 0.15) is 36.8 Å². The van der Waals surface area contributed by atoms with Gasteiger partial charge >= 0.3 is 0 Å². The Morgan fingerprint density at radius 2 is 2.03 bits per heavy atom. The summed E-state index contributed by atoms with van der Waals surface area (Å²) in [5.41, 5.74) is 1.91. The molecule has 1 unspecified atom stereocenters. The van der Waals surface area contributed by atoms with Crippen LogP contribution in [-0.2, 0) is 9.53 Å². The van der Waals surface area contributed by atoms with Crippen LogP contribution in [0.15, 0.2) is 29.3 Å². The van der Waals surface area contributed by atoms with Gasteiger partial charge in [-0.2, -0.15) is 10.4 Å². The van der Waals surface area contributed by atoms with E-state index in [-0.39, 0.29) is 17.5 Å². The van der Waals surface area contributed by atoms with E-state index < -0.39 is 0 Å². The Hall–Kier alpha value is -3.45. The summed E-state index contributed by atoms with van der Waals surface area (Å²) in [6.07, 6.45) is 6.83. The summed E-state index contributed by atoms with van der Waals surface area (Å²) in [4.78, 5) is 35.2. The van der Waals surface area contributed by atoms with Gasteiger partial charge in [0.1, 0.15) is 11.9 Å². The summed E-state index contributed by atoms with van der Waals surface area (Å²) in [7, 11) is 0. The van der Waals surface area contributed by atoms with Crippen molar-refractivity contribution in [3.05, 3.63) is 46.0 Å². The van der Waals surface area contributed by atoms with E-state index in [2.05, 4.69) is 31.1 Å². The van der Waals surface area contributed by atoms with E-state index >= 15 is 0 Å². The maximum absolute atomic E-state index is 12.7. The average Bonchev–Trinajstić information content (AvgIpc) is 2.88. The highest BCUT2D eigenvalue weighted by molar-refractivity contribution is 5.76. The number of nitrogens with one attached hydrogen (secondary N) is 1. The molecule has 34 heavy (non-hydrogen) atoms. The van der Waals surface area contributed by atoms with Gasteiger partial charge in [-0.15, -0.1) is 0 Å². The molecule has 0 aromatic carbocycles. The molecule has 0 bridgehead atoms. The third-order valence-electron chi connectivity index (χ3n) is 6.62. The van der Waals surface area contributed by atoms with Crippen LogP contribution in [0.2, 0.25) is 0 Å². The normalized spacial score (nSPS) is 18.6. The molecule has 180 valence electrons. The van der Waals surface area contributed by atoms with Crippen LogP contribution >= 0.6 is 0 Å². The Balaban J connectivity index is 1.21. The molecule has 0 radical (unpaired) electrons. The van der Waals surface area contributed by atoms with Gasteiger partial charge in [0, 0.05) is 44.5 Å². The van der Waals surface area contributed by atoms with Crippen molar-refractivity contribution in [3.8, 4) is 6.07 Å². The number of aromatic amines is 1. The number of ether oxygens (including phenoxy) is 1. The van der Waals surface area contributed by atoms with Gasteiger partial charge in [-0.25, -0.2) is 10.1 Å². The van der Waals surface area contributed by atoms with Crippen molar-refractivity contribution >= 4 is 17.4 Å². The van der Waals surface area contributed by atoms with E-state index in [1.807, 2.05) is 17.9 Å². The van der Waals surface area contributed by atoms with Crippen molar-refractivity contribution in [1.29, 1.82) is 5.26 Å². The average molecular weight is 466 g/mol. The van der Waals surface area contributed by atoms with Gasteiger partial charge in [0.15, 0.2) is 0 Å². The zero-order valence-corrected chi connectivity index (χ0v) is 19.6. The molecule has 1 amide bonds. The Labute approximate surface area is 199 Å². The Kier molecular flexibility index (Phi) is 7.75. The van der Waals surface area contributed by atoms with Gasteiger partial charge in [0.05, 0.1) is 43.1 Å². The molecule has 2 aliphatic heterocycles. The number of carbonyl (C=O) groups is 1. The summed E-state index contributed by atoms with van der Waals surface area (Å²) >= 11 is 0. The van der Waals surface area contributed by atoms with Gasteiger partial charge in [-0.1, -0.05) is 0 Å². The van der Waals surface area contributed by atoms with Crippen LogP contribution in [-0.4, -0.2) is 78.0 Å². The summed E-state index contributed by atoms with van der Waals surface area (Å²) in [5, 5.41) is 15.4. The number of amides is 1. The summed E-state index contributed by atoms with van der Waals surface area (Å²) in [6.45, 7) is 6.32. The molecule has 2 aromatic rings. The first kappa shape index (κ1) is 23.7. The minimum atomic E-state index is -0.164. The van der Waals surface area contributed by atoms with Crippen molar-refractivity contribution in [2.45, 2.75) is 38.6 Å². The quantitative estimate of drug-likeness (QED) is 0.611. The van der Waals surface area contributed by atoms with Gasteiger partial charge in [-0.3, -0.25) is 9.59 Å². The van der Waals surface area contributed by atoms with Crippen LogP contribution in [0.25, 0.3) is 0 Å². The number of rotatable bonds is 7. The van der Waals surface area contributed by atoms with Gasteiger partial charge in [-0.05, 0) is 38.3 Å². The number of nitrogens with zero attached hydrogens (tertiary/aromatic N) is 6. The predicted molar refractivity (Wildman–Crippen MR) is 128 cm³/mol. The first-order chi connectivity index (χ1) is 16.6. The number of hydrogen-bond acceptors (Lipinski definition) is 8. The highest BCUT2D eigenvalue weighted by Crippen LogP contribution is 2.25. The molecular formula is C24H31N7O3. The SMILES string of the molecule is Cc1c(N2CCCCC2COCCC(=O)N2CCN(c3ccc(C#N)cn3)CC2)cn[nH]c1=O. The molecule has 2 fully saturated rings. The second-order valence-corrected chi connectivity index (χ2v) is 8.76. The maximum Gasteiger partial charge on any atom is 0.269 e. The highest BCUT2D eigenvalue weighted by Gasteiger charge is 2.26. The molecule has 2 saturated heterocycles. The van der Waals surface area contributed by atoms with Crippen molar-refractivity contribution < 1.29 is 9.53 Å². The first-order valence-corrected chi connectivity index (χ1v) is 11.8. The van der Waals surface area contributed by atoms with Crippen LogP contribution in [0.5, 0.6) is 0 Å². The minimum Gasteiger partial charge on any atom is -0.379 e. The molecule has 2 aromatic heterocycles. The second kappa shape index (κ2) is 11.1. The van der Waals surface area contributed by atoms with Gasteiger partial charge in [0.25, 0.3) is 5.56 Å². The maximum atomic E-state index is 12.7. The topological polar surface area (TPSA) is 118 Å². The number of piperazine rings is 1. The largest absolute Gasteiger partial charge is 0.379 e. The summed E-state index contributed by atoms with van der Waals surface area (Å²) in [5.74, 6) is 0.930. The highest BCUT2D eigenvalue weighted by atomic mass is 16.5. The Morgan fingerprint density at radius 3 is 2.76 bits per heavy atom. The molecule has 4 heterocycles. The predicted octanol–water partition coefficient (Wildman–Crippen LogP) is 1.46. The molecule has 1 atom stereocenters. The lowest BCUT2D eigenvalue weighted by molar-refractivity contribution is -0.132. The number of hydrogen-bond donors (Lipinski definition) is 1. The third kappa shape index (κ3) is 5.54. The Bertz CT molecular complexity index is 1070. The standard InChI is InChI=1S/C24H31N7O3/c1-18-21(16-27-28-24(18)33)31-8-3-2-4-20(31)17-34-13-7-23(32)30-11-9-29(10-12-30)22-6-5-19(14-25)15-26-22/h5-6,15-16,20H,2-4,7-13,17H2,1H3,(H,28,33). The molecule has 0 spiro atoms. The van der Waals surface area contributed by atoms with Crippen LogP contribution < -0.4 is 15.4 Å². The number of aromatic nitrogens is 3. The number of nitriles is 1. The molecule has 0 saturated carbocycles. The molecule has 10 nitrogen and oxygen atoms in total. The van der Waals surface area contributed by atoms with Crippen molar-refractivity contribution in [1.82, 2.24) is 20.1 Å². The summed E-state index contributed by atoms with van der Waals surface area (Å²) in [6, 6.07) is 5.86. The Morgan fingerprint density at radius 1 is 1.21 bits per heavy atom. The number of carbonyl (C=O) groups excluding carboxylic acids is 1. The lowest BCUT2D eigenvalue weighted by Crippen LogP contribution is -2.49. The molecule has 0 aliphatic carbocycles. The summed E-state index contributed by atoms with van der Waals surface area (Å²) < 4.78 is 5.93. The van der Waals surface area contributed by atoms with Crippen molar-refractivity contribution in [2.75, 3.05) is 55.7 Å². The fraction of sp³-hybridized carbons (Fsp3) is 0.542. The van der Waals surface area contributed by atoms with Crippen LogP contribution in [0.4, 0.5) is 11.5 Å². The lowest BCUT2D eigenvalue weighted by atomic mass is 10.0. The number of piperidine rings is 1. The second-order valence-electron chi connectivity index (χ2n) is 8.76. The smallest absolute Gasteiger partial charge is 0.269 e.